The van der Waals surface area contributed by atoms with E-state index in [-0.39, 0.29) is 34.4 Å². The van der Waals surface area contributed by atoms with Gasteiger partial charge >= 0.3 is 18.3 Å². The molecule has 170 valence electrons. The highest BCUT2D eigenvalue weighted by Gasteiger charge is 2.32. The summed E-state index contributed by atoms with van der Waals surface area (Å²) >= 11 is 0. The van der Waals surface area contributed by atoms with Crippen molar-refractivity contribution in [1.29, 1.82) is 0 Å². The minimum absolute atomic E-state index is 0.0950. The van der Waals surface area contributed by atoms with Crippen LogP contribution in [0.1, 0.15) is 16.7 Å². The Kier molecular flexibility index (Phi) is 6.37. The largest absolute Gasteiger partial charge is 0.481 e. The zero-order chi connectivity index (χ0) is 24.4. The van der Waals surface area contributed by atoms with E-state index in [0.717, 1.165) is 24.3 Å². The number of rotatable bonds is 5. The number of hydrogen-bond donors (Lipinski definition) is 1. The predicted octanol–water partition coefficient (Wildman–Crippen LogP) is 7.63. The molecular weight excluding hydrogens is 452 g/mol. The Balaban J connectivity index is 2.24. The van der Waals surface area contributed by atoms with Crippen LogP contribution < -0.4 is 0 Å². The molecule has 0 saturated heterocycles. The molecule has 0 atom stereocenters. The summed E-state index contributed by atoms with van der Waals surface area (Å²) < 4.78 is 78.2. The molecule has 3 aromatic carbocycles. The maximum atomic E-state index is 13.1. The molecule has 0 aliphatic rings. The van der Waals surface area contributed by atoms with Gasteiger partial charge < -0.3 is 5.11 Å². The van der Waals surface area contributed by atoms with Gasteiger partial charge in [0.25, 0.3) is 0 Å². The fourth-order valence-corrected chi connectivity index (χ4v) is 3.26. The highest BCUT2D eigenvalue weighted by molar-refractivity contribution is 5.89. The summed E-state index contributed by atoms with van der Waals surface area (Å²) in [6.07, 6.45) is -9.65. The first kappa shape index (κ1) is 23.7. The van der Waals surface area contributed by atoms with Crippen LogP contribution in [0.15, 0.2) is 65.8 Å². The lowest BCUT2D eigenvalue weighted by Gasteiger charge is -2.16. The van der Waals surface area contributed by atoms with E-state index in [9.17, 15) is 31.1 Å². The van der Waals surface area contributed by atoms with Crippen molar-refractivity contribution in [3.05, 3.63) is 87.8 Å². The van der Waals surface area contributed by atoms with Gasteiger partial charge in [-0.3, -0.25) is 4.79 Å². The number of carbonyl (C=O) groups is 1. The maximum absolute atomic E-state index is 13.1. The molecule has 11 heteroatoms. The first-order valence-corrected chi connectivity index (χ1v) is 9.19. The molecule has 3 rings (SSSR count). The number of hydrogen-bond acceptors (Lipinski definition) is 2. The van der Waals surface area contributed by atoms with Gasteiger partial charge in [-0.25, -0.2) is 0 Å². The molecule has 0 bridgehead atoms. The van der Waals surface area contributed by atoms with Crippen LogP contribution >= 0.6 is 0 Å². The second-order valence-corrected chi connectivity index (χ2v) is 6.94. The van der Waals surface area contributed by atoms with Crippen molar-refractivity contribution in [3.63, 3.8) is 0 Å². The Morgan fingerprint density at radius 2 is 1.39 bits per heavy atom. The number of nitrogens with zero attached hydrogens (tertiary/aromatic N) is 3. The number of benzene rings is 3. The van der Waals surface area contributed by atoms with Gasteiger partial charge in [-0.05, 0) is 63.7 Å². The quantitative estimate of drug-likeness (QED) is 0.182. The first-order chi connectivity index (χ1) is 15.4. The Bertz CT molecular complexity index is 1240. The standard InChI is InChI=1S/C22H13F6N3O2/c23-21(24,25)14-4-2-13(3-5-14)18-9-12(10-20(32)33)1-7-16(18)17-8-6-15(22(26,27)28)11-19(17)30-31-29/h1-9,11H,10H2,(H,32,33). The molecule has 0 heterocycles. The van der Waals surface area contributed by atoms with Gasteiger partial charge in [-0.15, -0.1) is 0 Å². The number of halogens is 6. The van der Waals surface area contributed by atoms with Gasteiger partial charge in [-0.1, -0.05) is 35.4 Å². The van der Waals surface area contributed by atoms with Crippen LogP contribution in [0.3, 0.4) is 0 Å². The summed E-state index contributed by atoms with van der Waals surface area (Å²) in [6, 6.07) is 10.8. The Labute approximate surface area is 182 Å². The second-order valence-electron chi connectivity index (χ2n) is 6.94. The van der Waals surface area contributed by atoms with E-state index in [2.05, 4.69) is 10.0 Å². The lowest BCUT2D eigenvalue weighted by Crippen LogP contribution is -2.05. The topological polar surface area (TPSA) is 86.1 Å². The summed E-state index contributed by atoms with van der Waals surface area (Å²) in [5, 5.41) is 12.4. The van der Waals surface area contributed by atoms with Crippen molar-refractivity contribution in [2.24, 2.45) is 5.11 Å². The summed E-state index contributed by atoms with van der Waals surface area (Å²) in [6.45, 7) is 0. The van der Waals surface area contributed by atoms with Crippen LogP contribution in [0.25, 0.3) is 32.7 Å². The van der Waals surface area contributed by atoms with Crippen LogP contribution in [0, 0.1) is 0 Å². The van der Waals surface area contributed by atoms with E-state index in [1.165, 1.54) is 30.3 Å². The second kappa shape index (κ2) is 8.87. The third kappa shape index (κ3) is 5.45. The van der Waals surface area contributed by atoms with Gasteiger partial charge in [0, 0.05) is 10.6 Å². The first-order valence-electron chi connectivity index (χ1n) is 9.19. The molecule has 0 saturated carbocycles. The lowest BCUT2D eigenvalue weighted by atomic mass is 9.90. The van der Waals surface area contributed by atoms with E-state index >= 15 is 0 Å². The van der Waals surface area contributed by atoms with Crippen LogP contribution in [0.4, 0.5) is 32.0 Å². The van der Waals surface area contributed by atoms with Gasteiger partial charge in [0.15, 0.2) is 0 Å². The number of aliphatic carboxylic acids is 1. The molecule has 0 aliphatic carbocycles. The molecule has 0 spiro atoms. The van der Waals surface area contributed by atoms with E-state index in [4.69, 9.17) is 10.6 Å². The zero-order valence-corrected chi connectivity index (χ0v) is 16.4. The van der Waals surface area contributed by atoms with Crippen molar-refractivity contribution in [2.45, 2.75) is 18.8 Å². The van der Waals surface area contributed by atoms with Crippen LogP contribution in [0.5, 0.6) is 0 Å². The molecule has 0 fully saturated rings. The Morgan fingerprint density at radius 1 is 0.818 bits per heavy atom. The number of azide groups is 1. The molecular formula is C22H13F6N3O2. The van der Waals surface area contributed by atoms with Crippen molar-refractivity contribution in [2.75, 3.05) is 0 Å². The van der Waals surface area contributed by atoms with Crippen molar-refractivity contribution < 1.29 is 36.2 Å². The predicted molar refractivity (Wildman–Crippen MR) is 107 cm³/mol. The van der Waals surface area contributed by atoms with E-state index in [0.29, 0.717) is 11.6 Å². The zero-order valence-electron chi connectivity index (χ0n) is 16.4. The minimum Gasteiger partial charge on any atom is -0.481 e. The van der Waals surface area contributed by atoms with Crippen molar-refractivity contribution in [1.82, 2.24) is 0 Å². The van der Waals surface area contributed by atoms with Crippen molar-refractivity contribution in [3.8, 4) is 22.3 Å². The molecule has 3 aromatic rings. The molecule has 5 nitrogen and oxygen atoms in total. The van der Waals surface area contributed by atoms with Gasteiger partial charge in [-0.2, -0.15) is 26.3 Å². The number of carboxylic acid groups (broad SMARTS) is 1. The summed E-state index contributed by atoms with van der Waals surface area (Å²) in [5.41, 5.74) is 7.72. The maximum Gasteiger partial charge on any atom is 0.416 e. The molecule has 0 amide bonds. The third-order valence-electron chi connectivity index (χ3n) is 4.73. The van der Waals surface area contributed by atoms with Gasteiger partial charge in [0.05, 0.1) is 17.5 Å². The molecule has 33 heavy (non-hydrogen) atoms. The van der Waals surface area contributed by atoms with Gasteiger partial charge in [0.1, 0.15) is 0 Å². The molecule has 0 aliphatic heterocycles. The van der Waals surface area contributed by atoms with Crippen LogP contribution in [-0.4, -0.2) is 11.1 Å². The van der Waals surface area contributed by atoms with Crippen LogP contribution in [-0.2, 0) is 23.6 Å². The average molecular weight is 465 g/mol. The SMILES string of the molecule is [N-]=[N+]=Nc1cc(C(F)(F)F)ccc1-c1ccc(CC(=O)O)cc1-c1ccc(C(F)(F)F)cc1. The Morgan fingerprint density at radius 3 is 1.94 bits per heavy atom. The van der Waals surface area contributed by atoms with E-state index in [1.807, 2.05) is 0 Å². The fraction of sp³-hybridized carbons (Fsp3) is 0.136. The average Bonchev–Trinajstić information content (AvgIpc) is 2.72. The summed E-state index contributed by atoms with van der Waals surface area (Å²) in [5.74, 6) is -1.15. The van der Waals surface area contributed by atoms with E-state index in [1.54, 1.807) is 0 Å². The summed E-state index contributed by atoms with van der Waals surface area (Å²) in [7, 11) is 0. The molecule has 1 N–H and O–H groups in total. The lowest BCUT2D eigenvalue weighted by molar-refractivity contribution is -0.138. The Hall–Kier alpha value is -3.98. The highest BCUT2D eigenvalue weighted by atomic mass is 19.4. The number of alkyl halides is 6. The molecule has 0 radical (unpaired) electrons. The van der Waals surface area contributed by atoms with Crippen LogP contribution in [0.2, 0.25) is 0 Å². The van der Waals surface area contributed by atoms with E-state index < -0.39 is 29.4 Å². The highest BCUT2D eigenvalue weighted by Crippen LogP contribution is 2.42. The molecule has 0 aromatic heterocycles. The normalized spacial score (nSPS) is 11.7. The number of carboxylic acids is 1. The third-order valence-corrected chi connectivity index (χ3v) is 4.73. The summed E-state index contributed by atoms with van der Waals surface area (Å²) in [4.78, 5) is 13.7. The minimum atomic E-state index is -4.69. The monoisotopic (exact) mass is 465 g/mol. The fourth-order valence-electron chi connectivity index (χ4n) is 3.26. The smallest absolute Gasteiger partial charge is 0.416 e. The molecule has 0 unspecified atom stereocenters. The van der Waals surface area contributed by atoms with Gasteiger partial charge in [0.2, 0.25) is 0 Å². The van der Waals surface area contributed by atoms with Crippen molar-refractivity contribution >= 4 is 11.7 Å².